The monoisotopic (exact) mass is 212 g/mol. The van der Waals surface area contributed by atoms with Crippen molar-refractivity contribution in [3.8, 4) is 0 Å². The van der Waals surface area contributed by atoms with Crippen molar-refractivity contribution in [3.05, 3.63) is 0 Å². The molecule has 1 aliphatic heterocycles. The van der Waals surface area contributed by atoms with Crippen molar-refractivity contribution in [2.75, 3.05) is 20.1 Å². The predicted molar refractivity (Wildman–Crippen MR) is 61.8 cm³/mol. The molecule has 2 fully saturated rings. The molecule has 1 saturated heterocycles. The van der Waals surface area contributed by atoms with E-state index in [1.165, 1.54) is 32.1 Å². The van der Waals surface area contributed by atoms with Crippen LogP contribution >= 0.6 is 0 Å². The number of ether oxygens (including phenoxy) is 1. The third-order valence-electron chi connectivity index (χ3n) is 3.90. The molecule has 2 atom stereocenters. The number of likely N-dealkylation sites (N-methyl/N-ethyl adjacent to an activating group) is 1. The third kappa shape index (κ3) is 2.92. The molecule has 88 valence electrons. The van der Waals surface area contributed by atoms with Crippen LogP contribution < -0.4 is 5.73 Å². The van der Waals surface area contributed by atoms with Gasteiger partial charge in [-0.1, -0.05) is 12.8 Å². The van der Waals surface area contributed by atoms with E-state index in [0.29, 0.717) is 18.8 Å². The molecule has 1 saturated carbocycles. The molecule has 0 aromatic carbocycles. The highest BCUT2D eigenvalue weighted by Crippen LogP contribution is 2.25. The zero-order valence-electron chi connectivity index (χ0n) is 9.82. The van der Waals surface area contributed by atoms with Gasteiger partial charge in [-0.15, -0.1) is 0 Å². The largest absolute Gasteiger partial charge is 0.372 e. The fourth-order valence-electron chi connectivity index (χ4n) is 2.90. The Kier molecular flexibility index (Phi) is 4.00. The predicted octanol–water partition coefficient (Wildman–Crippen LogP) is 1.37. The van der Waals surface area contributed by atoms with Crippen LogP contribution in [-0.4, -0.2) is 43.3 Å². The summed E-state index contributed by atoms with van der Waals surface area (Å²) >= 11 is 0. The van der Waals surface area contributed by atoms with E-state index in [9.17, 15) is 0 Å². The Morgan fingerprint density at radius 2 is 1.80 bits per heavy atom. The SMILES string of the molecule is CN(CC1CCC(CN)O1)C1CCCC1. The lowest BCUT2D eigenvalue weighted by Crippen LogP contribution is -2.36. The average molecular weight is 212 g/mol. The van der Waals surface area contributed by atoms with E-state index in [1.54, 1.807) is 0 Å². The highest BCUT2D eigenvalue weighted by Gasteiger charge is 2.27. The summed E-state index contributed by atoms with van der Waals surface area (Å²) in [6.07, 6.45) is 8.68. The minimum Gasteiger partial charge on any atom is -0.372 e. The van der Waals surface area contributed by atoms with Gasteiger partial charge in [0.2, 0.25) is 0 Å². The van der Waals surface area contributed by atoms with Crippen LogP contribution in [0.15, 0.2) is 0 Å². The molecule has 0 spiro atoms. The van der Waals surface area contributed by atoms with Gasteiger partial charge in [-0.05, 0) is 32.7 Å². The van der Waals surface area contributed by atoms with E-state index in [1.807, 2.05) is 0 Å². The molecule has 1 aliphatic carbocycles. The Morgan fingerprint density at radius 1 is 1.13 bits per heavy atom. The van der Waals surface area contributed by atoms with Crippen molar-refractivity contribution >= 4 is 0 Å². The van der Waals surface area contributed by atoms with Gasteiger partial charge in [0.1, 0.15) is 0 Å². The molecule has 3 heteroatoms. The highest BCUT2D eigenvalue weighted by molar-refractivity contribution is 4.81. The molecule has 0 aromatic heterocycles. The standard InChI is InChI=1S/C12H24N2O/c1-14(10-4-2-3-5-10)9-12-7-6-11(8-13)15-12/h10-12H,2-9,13H2,1H3. The summed E-state index contributed by atoms with van der Waals surface area (Å²) in [6, 6.07) is 0.811. The third-order valence-corrected chi connectivity index (χ3v) is 3.90. The Balaban J connectivity index is 1.72. The maximum absolute atomic E-state index is 5.87. The van der Waals surface area contributed by atoms with Gasteiger partial charge in [0.15, 0.2) is 0 Å². The molecule has 0 radical (unpaired) electrons. The van der Waals surface area contributed by atoms with Gasteiger partial charge < -0.3 is 15.4 Å². The van der Waals surface area contributed by atoms with E-state index in [2.05, 4.69) is 11.9 Å². The fraction of sp³-hybridized carbons (Fsp3) is 1.00. The quantitative estimate of drug-likeness (QED) is 0.765. The van der Waals surface area contributed by atoms with Crippen molar-refractivity contribution < 1.29 is 4.74 Å². The first kappa shape index (κ1) is 11.4. The first-order valence-electron chi connectivity index (χ1n) is 6.35. The summed E-state index contributed by atoms with van der Waals surface area (Å²) in [5.41, 5.74) is 5.61. The summed E-state index contributed by atoms with van der Waals surface area (Å²) in [5.74, 6) is 0. The smallest absolute Gasteiger partial charge is 0.0707 e. The molecule has 0 amide bonds. The first-order chi connectivity index (χ1) is 7.29. The Labute approximate surface area is 93.0 Å². The zero-order chi connectivity index (χ0) is 10.7. The molecule has 1 heterocycles. The lowest BCUT2D eigenvalue weighted by atomic mass is 10.1. The Morgan fingerprint density at radius 3 is 2.40 bits per heavy atom. The number of nitrogens with two attached hydrogens (primary N) is 1. The van der Waals surface area contributed by atoms with E-state index >= 15 is 0 Å². The minimum atomic E-state index is 0.326. The first-order valence-corrected chi connectivity index (χ1v) is 6.35. The van der Waals surface area contributed by atoms with E-state index < -0.39 is 0 Å². The number of hydrogen-bond acceptors (Lipinski definition) is 3. The number of hydrogen-bond donors (Lipinski definition) is 1. The van der Waals surface area contributed by atoms with Crippen LogP contribution in [0.25, 0.3) is 0 Å². The Bertz CT molecular complexity index is 192. The van der Waals surface area contributed by atoms with Gasteiger partial charge in [-0.3, -0.25) is 0 Å². The van der Waals surface area contributed by atoms with Crippen molar-refractivity contribution in [3.63, 3.8) is 0 Å². The highest BCUT2D eigenvalue weighted by atomic mass is 16.5. The van der Waals surface area contributed by atoms with E-state index in [-0.39, 0.29) is 0 Å². The van der Waals surface area contributed by atoms with Crippen LogP contribution in [0, 0.1) is 0 Å². The van der Waals surface area contributed by atoms with E-state index in [0.717, 1.165) is 19.0 Å². The second kappa shape index (κ2) is 5.28. The second-order valence-corrected chi connectivity index (χ2v) is 5.07. The maximum Gasteiger partial charge on any atom is 0.0707 e. The van der Waals surface area contributed by atoms with Gasteiger partial charge in [0.25, 0.3) is 0 Å². The fourth-order valence-corrected chi connectivity index (χ4v) is 2.90. The molecule has 2 rings (SSSR count). The van der Waals surface area contributed by atoms with Crippen LogP contribution in [0.1, 0.15) is 38.5 Å². The number of nitrogens with zero attached hydrogens (tertiary/aromatic N) is 1. The summed E-state index contributed by atoms with van der Waals surface area (Å²) in [5, 5.41) is 0. The molecule has 2 unspecified atom stereocenters. The van der Waals surface area contributed by atoms with Crippen LogP contribution in [0.2, 0.25) is 0 Å². The normalized spacial score (nSPS) is 33.0. The van der Waals surface area contributed by atoms with Crippen molar-refractivity contribution in [2.45, 2.75) is 56.8 Å². The van der Waals surface area contributed by atoms with Crippen molar-refractivity contribution in [1.82, 2.24) is 4.90 Å². The molecule has 3 nitrogen and oxygen atoms in total. The molecule has 2 N–H and O–H groups in total. The topological polar surface area (TPSA) is 38.5 Å². The summed E-state index contributed by atoms with van der Waals surface area (Å²) in [6.45, 7) is 1.78. The van der Waals surface area contributed by atoms with Crippen LogP contribution in [-0.2, 0) is 4.74 Å². The van der Waals surface area contributed by atoms with Crippen molar-refractivity contribution in [1.29, 1.82) is 0 Å². The molecule has 15 heavy (non-hydrogen) atoms. The average Bonchev–Trinajstić information content (AvgIpc) is 2.87. The van der Waals surface area contributed by atoms with Crippen LogP contribution in [0.3, 0.4) is 0 Å². The van der Waals surface area contributed by atoms with Crippen molar-refractivity contribution in [2.24, 2.45) is 5.73 Å². The number of rotatable bonds is 4. The molecule has 0 bridgehead atoms. The van der Waals surface area contributed by atoms with Gasteiger partial charge in [-0.25, -0.2) is 0 Å². The molecular weight excluding hydrogens is 188 g/mol. The van der Waals surface area contributed by atoms with Crippen LogP contribution in [0.5, 0.6) is 0 Å². The molecular formula is C12H24N2O. The molecule has 0 aromatic rings. The maximum atomic E-state index is 5.87. The van der Waals surface area contributed by atoms with Crippen LogP contribution in [0.4, 0.5) is 0 Å². The van der Waals surface area contributed by atoms with Gasteiger partial charge in [0, 0.05) is 19.1 Å². The molecule has 2 aliphatic rings. The lowest BCUT2D eigenvalue weighted by molar-refractivity contribution is 0.0246. The lowest BCUT2D eigenvalue weighted by Gasteiger charge is -2.26. The Hall–Kier alpha value is -0.120. The second-order valence-electron chi connectivity index (χ2n) is 5.07. The summed E-state index contributed by atoms with van der Waals surface area (Å²) < 4.78 is 5.87. The summed E-state index contributed by atoms with van der Waals surface area (Å²) in [4.78, 5) is 2.50. The summed E-state index contributed by atoms with van der Waals surface area (Å²) in [7, 11) is 2.25. The van der Waals surface area contributed by atoms with Gasteiger partial charge >= 0.3 is 0 Å². The zero-order valence-corrected chi connectivity index (χ0v) is 9.82. The van der Waals surface area contributed by atoms with E-state index in [4.69, 9.17) is 10.5 Å². The van der Waals surface area contributed by atoms with Gasteiger partial charge in [0.05, 0.1) is 12.2 Å². The van der Waals surface area contributed by atoms with Gasteiger partial charge in [-0.2, -0.15) is 0 Å². The minimum absolute atomic E-state index is 0.326.